The standard InChI is InChI=1S/C13H9FINO/c14-10-5-9(6-12(16)7-10)13(17)8-1-3-11(15)4-2-8/h1-7H,16H2. The molecule has 0 radical (unpaired) electrons. The summed E-state index contributed by atoms with van der Waals surface area (Å²) in [5.41, 5.74) is 6.55. The van der Waals surface area contributed by atoms with Crippen LogP contribution >= 0.6 is 22.6 Å². The van der Waals surface area contributed by atoms with Gasteiger partial charge < -0.3 is 5.73 Å². The van der Waals surface area contributed by atoms with Gasteiger partial charge in [-0.25, -0.2) is 4.39 Å². The normalized spacial score (nSPS) is 10.2. The first kappa shape index (κ1) is 12.0. The lowest BCUT2D eigenvalue weighted by Gasteiger charge is -2.03. The number of carbonyl (C=O) groups is 1. The minimum atomic E-state index is -0.501. The summed E-state index contributed by atoms with van der Waals surface area (Å²) in [4.78, 5) is 12.0. The number of rotatable bonds is 2. The van der Waals surface area contributed by atoms with Gasteiger partial charge in [0.05, 0.1) is 0 Å². The van der Waals surface area contributed by atoms with Gasteiger partial charge in [-0.3, -0.25) is 4.79 Å². The predicted octanol–water partition coefficient (Wildman–Crippen LogP) is 3.24. The van der Waals surface area contributed by atoms with Crippen molar-refractivity contribution in [3.05, 3.63) is 63.0 Å². The van der Waals surface area contributed by atoms with E-state index in [1.807, 2.05) is 12.1 Å². The number of anilines is 1. The van der Waals surface area contributed by atoms with E-state index in [4.69, 9.17) is 5.73 Å². The maximum atomic E-state index is 13.1. The van der Waals surface area contributed by atoms with Gasteiger partial charge in [-0.05, 0) is 65.1 Å². The Labute approximate surface area is 112 Å². The number of halogens is 2. The zero-order valence-electron chi connectivity index (χ0n) is 8.78. The fourth-order valence-electron chi connectivity index (χ4n) is 1.51. The molecule has 2 aromatic rings. The van der Waals surface area contributed by atoms with Crippen LogP contribution in [0.2, 0.25) is 0 Å². The third kappa shape index (κ3) is 2.82. The van der Waals surface area contributed by atoms with E-state index in [0.29, 0.717) is 5.56 Å². The van der Waals surface area contributed by atoms with Crippen LogP contribution in [0, 0.1) is 9.39 Å². The van der Waals surface area contributed by atoms with Gasteiger partial charge in [-0.1, -0.05) is 0 Å². The van der Waals surface area contributed by atoms with E-state index in [2.05, 4.69) is 22.6 Å². The summed E-state index contributed by atoms with van der Waals surface area (Å²) in [5, 5.41) is 0. The molecule has 2 rings (SSSR count). The molecule has 0 fully saturated rings. The third-order valence-corrected chi connectivity index (χ3v) is 3.01. The monoisotopic (exact) mass is 341 g/mol. The highest BCUT2D eigenvalue weighted by molar-refractivity contribution is 14.1. The molecule has 0 saturated heterocycles. The van der Waals surface area contributed by atoms with E-state index in [0.717, 1.165) is 3.57 Å². The van der Waals surface area contributed by atoms with E-state index >= 15 is 0 Å². The molecule has 2 nitrogen and oxygen atoms in total. The number of nitrogens with two attached hydrogens (primary N) is 1. The second-order valence-electron chi connectivity index (χ2n) is 3.61. The van der Waals surface area contributed by atoms with Gasteiger partial charge in [0, 0.05) is 20.4 Å². The Morgan fingerprint density at radius 3 is 2.29 bits per heavy atom. The molecule has 0 aliphatic carbocycles. The Morgan fingerprint density at radius 2 is 1.71 bits per heavy atom. The average molecular weight is 341 g/mol. The molecule has 0 heterocycles. The Morgan fingerprint density at radius 1 is 1.06 bits per heavy atom. The van der Waals surface area contributed by atoms with Crippen LogP contribution in [0.1, 0.15) is 15.9 Å². The van der Waals surface area contributed by atoms with Crippen LogP contribution in [0.4, 0.5) is 10.1 Å². The molecular weight excluding hydrogens is 332 g/mol. The molecular formula is C13H9FINO. The molecule has 0 spiro atoms. The van der Waals surface area contributed by atoms with Gasteiger partial charge in [0.1, 0.15) is 5.82 Å². The van der Waals surface area contributed by atoms with Crippen LogP contribution in [0.5, 0.6) is 0 Å². The Balaban J connectivity index is 2.40. The van der Waals surface area contributed by atoms with Crippen molar-refractivity contribution in [2.24, 2.45) is 0 Å². The highest BCUT2D eigenvalue weighted by Gasteiger charge is 2.10. The van der Waals surface area contributed by atoms with E-state index < -0.39 is 5.82 Å². The molecule has 86 valence electrons. The Hall–Kier alpha value is -1.43. The van der Waals surface area contributed by atoms with Crippen LogP contribution in [-0.4, -0.2) is 5.78 Å². The van der Waals surface area contributed by atoms with Gasteiger partial charge in [-0.2, -0.15) is 0 Å². The second-order valence-corrected chi connectivity index (χ2v) is 4.85. The first-order valence-electron chi connectivity index (χ1n) is 4.92. The molecule has 2 N–H and O–H groups in total. The summed E-state index contributed by atoms with van der Waals surface area (Å²) in [5.74, 6) is -0.730. The molecule has 0 bridgehead atoms. The van der Waals surface area contributed by atoms with Gasteiger partial charge in [0.25, 0.3) is 0 Å². The third-order valence-electron chi connectivity index (χ3n) is 2.29. The second kappa shape index (κ2) is 4.83. The average Bonchev–Trinajstić information content (AvgIpc) is 2.28. The lowest BCUT2D eigenvalue weighted by molar-refractivity contribution is 0.103. The van der Waals surface area contributed by atoms with Crippen molar-refractivity contribution in [3.8, 4) is 0 Å². The van der Waals surface area contributed by atoms with E-state index in [-0.39, 0.29) is 17.0 Å². The van der Waals surface area contributed by atoms with Crippen LogP contribution in [0.3, 0.4) is 0 Å². The number of nitrogen functional groups attached to an aromatic ring is 1. The fraction of sp³-hybridized carbons (Fsp3) is 0. The van der Waals surface area contributed by atoms with Crippen molar-refractivity contribution < 1.29 is 9.18 Å². The molecule has 0 atom stereocenters. The van der Waals surface area contributed by atoms with E-state index in [1.54, 1.807) is 12.1 Å². The van der Waals surface area contributed by atoms with Crippen molar-refractivity contribution in [2.45, 2.75) is 0 Å². The fourth-order valence-corrected chi connectivity index (χ4v) is 1.87. The number of ketones is 1. The smallest absolute Gasteiger partial charge is 0.193 e. The Kier molecular flexibility index (Phi) is 3.42. The van der Waals surface area contributed by atoms with E-state index in [9.17, 15) is 9.18 Å². The summed E-state index contributed by atoms with van der Waals surface area (Å²) in [6, 6.07) is 10.9. The van der Waals surface area contributed by atoms with Crippen LogP contribution in [0.15, 0.2) is 42.5 Å². The lowest BCUT2D eigenvalue weighted by Crippen LogP contribution is -2.03. The summed E-state index contributed by atoms with van der Waals surface area (Å²) >= 11 is 2.15. The molecule has 2 aromatic carbocycles. The Bertz CT molecular complexity index is 546. The van der Waals surface area contributed by atoms with Gasteiger partial charge >= 0.3 is 0 Å². The van der Waals surface area contributed by atoms with Crippen LogP contribution in [0.25, 0.3) is 0 Å². The highest BCUT2D eigenvalue weighted by Crippen LogP contribution is 2.16. The minimum absolute atomic E-state index is 0.229. The van der Waals surface area contributed by atoms with Gasteiger partial charge in [-0.15, -0.1) is 0 Å². The first-order chi connectivity index (χ1) is 8.06. The number of carbonyl (C=O) groups excluding carboxylic acids is 1. The summed E-state index contributed by atoms with van der Waals surface area (Å²) in [6.45, 7) is 0. The van der Waals surface area contributed by atoms with Gasteiger partial charge in [0.15, 0.2) is 5.78 Å². The van der Waals surface area contributed by atoms with E-state index in [1.165, 1.54) is 18.2 Å². The molecule has 0 unspecified atom stereocenters. The highest BCUT2D eigenvalue weighted by atomic mass is 127. The zero-order valence-corrected chi connectivity index (χ0v) is 10.9. The molecule has 4 heteroatoms. The van der Waals surface area contributed by atoms with Crippen LogP contribution in [-0.2, 0) is 0 Å². The largest absolute Gasteiger partial charge is 0.399 e. The number of hydrogen-bond acceptors (Lipinski definition) is 2. The van der Waals surface area contributed by atoms with Crippen LogP contribution < -0.4 is 5.73 Å². The first-order valence-corrected chi connectivity index (χ1v) is 6.00. The molecule has 0 aliphatic rings. The quantitative estimate of drug-likeness (QED) is 0.518. The summed E-state index contributed by atoms with van der Waals surface area (Å²) in [6.07, 6.45) is 0. The molecule has 0 amide bonds. The minimum Gasteiger partial charge on any atom is -0.399 e. The number of hydrogen-bond donors (Lipinski definition) is 1. The molecule has 0 aliphatic heterocycles. The van der Waals surface area contributed by atoms with Crippen molar-refractivity contribution in [1.29, 1.82) is 0 Å². The number of benzene rings is 2. The van der Waals surface area contributed by atoms with Crippen molar-refractivity contribution in [2.75, 3.05) is 5.73 Å². The maximum absolute atomic E-state index is 13.1. The zero-order chi connectivity index (χ0) is 12.4. The molecule has 0 aromatic heterocycles. The SMILES string of the molecule is Nc1cc(F)cc(C(=O)c2ccc(I)cc2)c1. The van der Waals surface area contributed by atoms with Crippen molar-refractivity contribution in [3.63, 3.8) is 0 Å². The molecule has 0 saturated carbocycles. The van der Waals surface area contributed by atoms with Crippen molar-refractivity contribution in [1.82, 2.24) is 0 Å². The topological polar surface area (TPSA) is 43.1 Å². The van der Waals surface area contributed by atoms with Gasteiger partial charge in [0.2, 0.25) is 0 Å². The predicted molar refractivity (Wildman–Crippen MR) is 73.4 cm³/mol. The summed E-state index contributed by atoms with van der Waals surface area (Å²) in [7, 11) is 0. The summed E-state index contributed by atoms with van der Waals surface area (Å²) < 4.78 is 14.2. The lowest BCUT2D eigenvalue weighted by atomic mass is 10.0. The maximum Gasteiger partial charge on any atom is 0.193 e. The molecule has 17 heavy (non-hydrogen) atoms. The van der Waals surface area contributed by atoms with Crippen molar-refractivity contribution >= 4 is 34.1 Å².